The summed E-state index contributed by atoms with van der Waals surface area (Å²) in [6, 6.07) is 14.6. The first-order chi connectivity index (χ1) is 11.1. The van der Waals surface area contributed by atoms with Crippen LogP contribution in [0.2, 0.25) is 0 Å². The second kappa shape index (κ2) is 7.11. The van der Waals surface area contributed by atoms with Crippen molar-refractivity contribution in [1.29, 1.82) is 0 Å². The van der Waals surface area contributed by atoms with Crippen LogP contribution in [0.4, 0.5) is 0 Å². The van der Waals surface area contributed by atoms with Gasteiger partial charge in [0.25, 0.3) is 0 Å². The van der Waals surface area contributed by atoms with E-state index in [1.54, 1.807) is 4.90 Å². The highest BCUT2D eigenvalue weighted by Crippen LogP contribution is 2.20. The van der Waals surface area contributed by atoms with Crippen molar-refractivity contribution in [1.82, 2.24) is 10.2 Å². The number of aryl methyl sites for hydroxylation is 1. The van der Waals surface area contributed by atoms with E-state index in [-0.39, 0.29) is 11.9 Å². The van der Waals surface area contributed by atoms with Crippen LogP contribution in [-0.2, 0) is 11.2 Å². The molecule has 1 fully saturated rings. The Hall–Kier alpha value is -1.91. The fourth-order valence-electron chi connectivity index (χ4n) is 3.31. The second-order valence-corrected chi connectivity index (χ2v) is 6.31. The average Bonchev–Trinajstić information content (AvgIpc) is 3.00. The molecule has 4 heteroatoms. The van der Waals surface area contributed by atoms with Crippen molar-refractivity contribution in [2.45, 2.75) is 38.0 Å². The molecule has 122 valence electrons. The zero-order chi connectivity index (χ0) is 16.2. The SMILES string of the molecule is CN(CCCc1cccc2ccccc12)C(=O)[C@@H]1CCC(O)N1. The van der Waals surface area contributed by atoms with Crippen LogP contribution in [0.5, 0.6) is 0 Å². The predicted octanol–water partition coefficient (Wildman–Crippen LogP) is 2.30. The molecule has 1 amide bonds. The summed E-state index contributed by atoms with van der Waals surface area (Å²) in [5.41, 5.74) is 1.33. The predicted molar refractivity (Wildman–Crippen MR) is 92.1 cm³/mol. The number of hydrogen-bond acceptors (Lipinski definition) is 3. The molecule has 0 saturated carbocycles. The molecule has 2 aromatic carbocycles. The van der Waals surface area contributed by atoms with E-state index in [2.05, 4.69) is 47.8 Å². The number of amides is 1. The molecule has 23 heavy (non-hydrogen) atoms. The average molecular weight is 312 g/mol. The minimum absolute atomic E-state index is 0.0828. The lowest BCUT2D eigenvalue weighted by Gasteiger charge is -2.21. The van der Waals surface area contributed by atoms with Crippen molar-refractivity contribution in [3.63, 3.8) is 0 Å². The topological polar surface area (TPSA) is 52.6 Å². The quantitative estimate of drug-likeness (QED) is 0.891. The van der Waals surface area contributed by atoms with E-state index in [0.29, 0.717) is 12.8 Å². The number of hydrogen-bond donors (Lipinski definition) is 2. The fourth-order valence-corrected chi connectivity index (χ4v) is 3.31. The Balaban J connectivity index is 1.55. The number of benzene rings is 2. The van der Waals surface area contributed by atoms with E-state index in [0.717, 1.165) is 19.4 Å². The van der Waals surface area contributed by atoms with Gasteiger partial charge in [-0.2, -0.15) is 0 Å². The largest absolute Gasteiger partial charge is 0.379 e. The number of fused-ring (bicyclic) bond motifs is 1. The first kappa shape index (κ1) is 16.0. The van der Waals surface area contributed by atoms with Gasteiger partial charge in [0.05, 0.1) is 6.04 Å². The summed E-state index contributed by atoms with van der Waals surface area (Å²) in [6.07, 6.45) is 2.73. The van der Waals surface area contributed by atoms with Gasteiger partial charge in [0.1, 0.15) is 6.23 Å². The van der Waals surface area contributed by atoms with Crippen LogP contribution in [0, 0.1) is 0 Å². The zero-order valence-corrected chi connectivity index (χ0v) is 13.5. The lowest BCUT2D eigenvalue weighted by molar-refractivity contribution is -0.132. The van der Waals surface area contributed by atoms with Gasteiger partial charge in [-0.25, -0.2) is 0 Å². The van der Waals surface area contributed by atoms with E-state index in [1.165, 1.54) is 16.3 Å². The Kier molecular flexibility index (Phi) is 4.94. The molecular formula is C19H24N2O2. The van der Waals surface area contributed by atoms with Crippen molar-refractivity contribution < 1.29 is 9.90 Å². The highest BCUT2D eigenvalue weighted by molar-refractivity contribution is 5.85. The van der Waals surface area contributed by atoms with Gasteiger partial charge in [0.15, 0.2) is 0 Å². The van der Waals surface area contributed by atoms with Crippen molar-refractivity contribution in [3.8, 4) is 0 Å². The number of nitrogens with zero attached hydrogens (tertiary/aromatic N) is 1. The van der Waals surface area contributed by atoms with Gasteiger partial charge in [-0.05, 0) is 42.0 Å². The van der Waals surface area contributed by atoms with Crippen LogP contribution in [0.15, 0.2) is 42.5 Å². The molecule has 1 aliphatic rings. The molecule has 1 saturated heterocycles. The molecule has 1 heterocycles. The number of rotatable bonds is 5. The second-order valence-electron chi connectivity index (χ2n) is 6.31. The number of likely N-dealkylation sites (N-methyl/N-ethyl adjacent to an activating group) is 1. The summed E-state index contributed by atoms with van der Waals surface area (Å²) < 4.78 is 0. The fraction of sp³-hybridized carbons (Fsp3) is 0.421. The molecule has 0 spiro atoms. The molecular weight excluding hydrogens is 288 g/mol. The number of carbonyl (C=O) groups excluding carboxylic acids is 1. The lowest BCUT2D eigenvalue weighted by Crippen LogP contribution is -2.43. The summed E-state index contributed by atoms with van der Waals surface area (Å²) in [5.74, 6) is 0.0828. The lowest BCUT2D eigenvalue weighted by atomic mass is 10.0. The molecule has 2 N–H and O–H groups in total. The van der Waals surface area contributed by atoms with E-state index < -0.39 is 6.23 Å². The third kappa shape index (κ3) is 3.71. The molecule has 1 unspecified atom stereocenters. The Morgan fingerprint density at radius 1 is 1.22 bits per heavy atom. The zero-order valence-electron chi connectivity index (χ0n) is 13.5. The van der Waals surface area contributed by atoms with Gasteiger partial charge < -0.3 is 10.0 Å². The highest BCUT2D eigenvalue weighted by Gasteiger charge is 2.29. The van der Waals surface area contributed by atoms with Crippen molar-refractivity contribution in [2.75, 3.05) is 13.6 Å². The molecule has 4 nitrogen and oxygen atoms in total. The van der Waals surface area contributed by atoms with E-state index in [1.807, 2.05) is 7.05 Å². The number of carbonyl (C=O) groups is 1. The molecule has 2 aromatic rings. The Morgan fingerprint density at radius 2 is 2.00 bits per heavy atom. The Morgan fingerprint density at radius 3 is 2.78 bits per heavy atom. The van der Waals surface area contributed by atoms with Crippen LogP contribution >= 0.6 is 0 Å². The number of aliphatic hydroxyl groups excluding tert-OH is 1. The molecule has 0 aliphatic carbocycles. The van der Waals surface area contributed by atoms with Gasteiger partial charge in [-0.3, -0.25) is 10.1 Å². The van der Waals surface area contributed by atoms with E-state index in [9.17, 15) is 9.90 Å². The number of aliphatic hydroxyl groups is 1. The molecule has 2 atom stereocenters. The standard InChI is InChI=1S/C19H24N2O2/c1-21(19(23)17-11-12-18(22)20-17)13-5-9-15-8-4-7-14-6-2-3-10-16(14)15/h2-4,6-8,10,17-18,20,22H,5,9,11-13H2,1H3/t17-,18?/m0/s1. The van der Waals surface area contributed by atoms with Gasteiger partial charge >= 0.3 is 0 Å². The third-order valence-corrected chi connectivity index (χ3v) is 4.62. The monoisotopic (exact) mass is 312 g/mol. The van der Waals surface area contributed by atoms with Crippen LogP contribution < -0.4 is 5.32 Å². The van der Waals surface area contributed by atoms with Crippen molar-refractivity contribution >= 4 is 16.7 Å². The summed E-state index contributed by atoms with van der Waals surface area (Å²) in [5, 5.41) is 15.0. The summed E-state index contributed by atoms with van der Waals surface area (Å²) in [4.78, 5) is 14.1. The maximum absolute atomic E-state index is 12.3. The number of nitrogens with one attached hydrogen (secondary N) is 1. The summed E-state index contributed by atoms with van der Waals surface area (Å²) in [7, 11) is 1.85. The smallest absolute Gasteiger partial charge is 0.239 e. The minimum atomic E-state index is -0.534. The van der Waals surface area contributed by atoms with Crippen LogP contribution in [-0.4, -0.2) is 41.8 Å². The molecule has 0 bridgehead atoms. The van der Waals surface area contributed by atoms with Gasteiger partial charge in [-0.1, -0.05) is 42.5 Å². The highest BCUT2D eigenvalue weighted by atomic mass is 16.3. The van der Waals surface area contributed by atoms with Crippen molar-refractivity contribution in [3.05, 3.63) is 48.0 Å². The maximum atomic E-state index is 12.3. The van der Waals surface area contributed by atoms with Crippen LogP contribution in [0.25, 0.3) is 10.8 Å². The first-order valence-corrected chi connectivity index (χ1v) is 8.31. The van der Waals surface area contributed by atoms with Crippen molar-refractivity contribution in [2.24, 2.45) is 0 Å². The summed E-state index contributed by atoms with van der Waals surface area (Å²) >= 11 is 0. The van der Waals surface area contributed by atoms with E-state index in [4.69, 9.17) is 0 Å². The normalized spacial score (nSPS) is 20.8. The molecule has 3 rings (SSSR count). The van der Waals surface area contributed by atoms with Crippen LogP contribution in [0.1, 0.15) is 24.8 Å². The first-order valence-electron chi connectivity index (χ1n) is 8.31. The molecule has 1 aliphatic heterocycles. The Bertz CT molecular complexity index is 681. The molecule has 0 aromatic heterocycles. The third-order valence-electron chi connectivity index (χ3n) is 4.62. The van der Waals surface area contributed by atoms with Gasteiger partial charge in [0, 0.05) is 13.6 Å². The molecule has 0 radical (unpaired) electrons. The summed E-state index contributed by atoms with van der Waals surface area (Å²) in [6.45, 7) is 0.732. The van der Waals surface area contributed by atoms with E-state index >= 15 is 0 Å². The minimum Gasteiger partial charge on any atom is -0.379 e. The van der Waals surface area contributed by atoms with Crippen LogP contribution in [0.3, 0.4) is 0 Å². The maximum Gasteiger partial charge on any atom is 0.239 e. The van der Waals surface area contributed by atoms with Gasteiger partial charge in [-0.15, -0.1) is 0 Å². The van der Waals surface area contributed by atoms with Gasteiger partial charge in [0.2, 0.25) is 5.91 Å². The Labute approximate surface area is 137 Å².